The molecular weight excluding hydrogens is 182 g/mol. The van der Waals surface area contributed by atoms with E-state index in [1.807, 2.05) is 0 Å². The van der Waals surface area contributed by atoms with E-state index in [-0.39, 0.29) is 0 Å². The average Bonchev–Trinajstić information content (AvgIpc) is 2.43. The van der Waals surface area contributed by atoms with Crippen LogP contribution < -0.4 is 5.90 Å². The Morgan fingerprint density at radius 2 is 2.00 bits per heavy atom. The number of nitrogens with two attached hydrogens (primary N) is 1. The highest BCUT2D eigenvalue weighted by Gasteiger charge is 2.46. The van der Waals surface area contributed by atoms with Crippen LogP contribution in [0.1, 0.15) is 0 Å². The summed E-state index contributed by atoms with van der Waals surface area (Å²) < 4.78 is 4.83. The molecule has 0 unspecified atom stereocenters. The van der Waals surface area contributed by atoms with Gasteiger partial charge in [0.2, 0.25) is 6.29 Å². The Morgan fingerprint density at radius 3 is 2.38 bits per heavy atom. The second-order valence-corrected chi connectivity index (χ2v) is 2.84. The van der Waals surface area contributed by atoms with Crippen molar-refractivity contribution in [3.05, 3.63) is 0 Å². The van der Waals surface area contributed by atoms with Crippen LogP contribution in [0.3, 0.4) is 0 Å². The lowest BCUT2D eigenvalue weighted by Crippen LogP contribution is -2.40. The van der Waals surface area contributed by atoms with Crippen molar-refractivity contribution in [2.75, 3.05) is 6.61 Å². The first kappa shape index (κ1) is 10.8. The number of hydrogen-bond donors (Lipinski definition) is 5. The molecule has 0 spiro atoms. The number of rotatable bonds is 3. The van der Waals surface area contributed by atoms with E-state index in [1.54, 1.807) is 0 Å². The predicted octanol–water partition coefficient (Wildman–Crippen LogP) is -3.32. The largest absolute Gasteiger partial charge is 0.394 e. The number of aliphatic hydroxyl groups is 4. The zero-order valence-corrected chi connectivity index (χ0v) is 6.78. The van der Waals surface area contributed by atoms with E-state index in [1.165, 1.54) is 0 Å². The van der Waals surface area contributed by atoms with Gasteiger partial charge in [-0.25, -0.2) is 5.90 Å². The summed E-state index contributed by atoms with van der Waals surface area (Å²) in [6.07, 6.45) is -6.19. The summed E-state index contributed by atoms with van der Waals surface area (Å²) in [5.41, 5.74) is 0. The fraction of sp³-hybridized carbons (Fsp3) is 1.00. The smallest absolute Gasteiger partial charge is 0.206 e. The van der Waals surface area contributed by atoms with Crippen molar-refractivity contribution in [2.24, 2.45) is 5.90 Å². The van der Waals surface area contributed by atoms with Crippen molar-refractivity contribution in [3.8, 4) is 0 Å². The third kappa shape index (κ3) is 1.97. The zero-order valence-electron chi connectivity index (χ0n) is 6.78. The highest BCUT2D eigenvalue weighted by molar-refractivity contribution is 4.90. The zero-order chi connectivity index (χ0) is 10.0. The molecule has 1 aliphatic heterocycles. The van der Waals surface area contributed by atoms with Gasteiger partial charge in [0.1, 0.15) is 24.4 Å². The van der Waals surface area contributed by atoms with Crippen LogP contribution in [0, 0.1) is 0 Å². The number of ether oxygens (including phenoxy) is 1. The van der Waals surface area contributed by atoms with Gasteiger partial charge in [-0.3, -0.25) is 4.84 Å². The molecule has 1 fully saturated rings. The Morgan fingerprint density at radius 1 is 1.38 bits per heavy atom. The molecule has 78 valence electrons. The summed E-state index contributed by atoms with van der Waals surface area (Å²) in [6, 6.07) is 0. The van der Waals surface area contributed by atoms with E-state index in [0.29, 0.717) is 0 Å². The molecule has 0 saturated carbocycles. The van der Waals surface area contributed by atoms with Crippen molar-refractivity contribution >= 4 is 0 Å². The quantitative estimate of drug-likeness (QED) is 0.298. The van der Waals surface area contributed by atoms with Crippen LogP contribution in [0.4, 0.5) is 0 Å². The summed E-state index contributed by atoms with van der Waals surface area (Å²) in [5, 5.41) is 36.2. The maximum atomic E-state index is 9.28. The topological polar surface area (TPSA) is 125 Å². The monoisotopic (exact) mass is 195 g/mol. The molecule has 1 rings (SSSR count). The molecule has 0 aromatic carbocycles. The molecule has 0 aromatic heterocycles. The molecule has 13 heavy (non-hydrogen) atoms. The maximum Gasteiger partial charge on any atom is 0.206 e. The molecule has 0 amide bonds. The highest BCUT2D eigenvalue weighted by atomic mass is 16.8. The third-order valence-corrected chi connectivity index (χ3v) is 1.96. The Hall–Kier alpha value is -0.280. The normalized spacial score (nSPS) is 42.2. The van der Waals surface area contributed by atoms with Gasteiger partial charge in [0, 0.05) is 0 Å². The van der Waals surface area contributed by atoms with Gasteiger partial charge >= 0.3 is 0 Å². The van der Waals surface area contributed by atoms with E-state index in [2.05, 4.69) is 4.84 Å². The molecule has 7 heteroatoms. The second-order valence-electron chi connectivity index (χ2n) is 2.84. The van der Waals surface area contributed by atoms with E-state index in [9.17, 15) is 10.2 Å². The summed E-state index contributed by atoms with van der Waals surface area (Å²) >= 11 is 0. The minimum atomic E-state index is -1.32. The second kappa shape index (κ2) is 4.29. The van der Waals surface area contributed by atoms with Gasteiger partial charge in [-0.05, 0) is 0 Å². The van der Waals surface area contributed by atoms with Crippen LogP contribution in [0.15, 0.2) is 0 Å². The predicted molar refractivity (Wildman–Crippen MR) is 39.0 cm³/mol. The molecule has 0 radical (unpaired) electrons. The minimum absolute atomic E-state index is 0.578. The van der Waals surface area contributed by atoms with E-state index < -0.39 is 37.3 Å². The van der Waals surface area contributed by atoms with Crippen LogP contribution in [0.25, 0.3) is 0 Å². The summed E-state index contributed by atoms with van der Waals surface area (Å²) in [4.78, 5) is 4.19. The molecule has 7 nitrogen and oxygen atoms in total. The lowest BCUT2D eigenvalue weighted by molar-refractivity contribution is -0.182. The van der Waals surface area contributed by atoms with Crippen LogP contribution in [0.2, 0.25) is 0 Å². The molecule has 1 saturated heterocycles. The van der Waals surface area contributed by atoms with Gasteiger partial charge in [0.25, 0.3) is 0 Å². The SMILES string of the molecule is NO[C@H]1O[C@H]([C@H](O)CO)[C@H](O)[C@H]1O. The molecular formula is C6H13NO6. The molecule has 5 atom stereocenters. The third-order valence-electron chi connectivity index (χ3n) is 1.96. The number of aliphatic hydroxyl groups excluding tert-OH is 4. The Bertz CT molecular complexity index is 167. The van der Waals surface area contributed by atoms with Crippen molar-refractivity contribution in [1.29, 1.82) is 0 Å². The molecule has 0 bridgehead atoms. The van der Waals surface area contributed by atoms with Crippen LogP contribution in [0.5, 0.6) is 0 Å². The molecule has 1 heterocycles. The standard InChI is InChI=1S/C6H13NO6/c7-13-6-4(11)3(10)5(12-6)2(9)1-8/h2-6,8-11H,1,7H2/t2-,3-,4-,5-,6-/m1/s1. The van der Waals surface area contributed by atoms with Gasteiger partial charge in [0.15, 0.2) is 0 Å². The first-order valence-electron chi connectivity index (χ1n) is 3.78. The van der Waals surface area contributed by atoms with Crippen LogP contribution in [-0.4, -0.2) is 57.7 Å². The Kier molecular flexibility index (Phi) is 3.56. The fourth-order valence-electron chi connectivity index (χ4n) is 1.21. The van der Waals surface area contributed by atoms with Gasteiger partial charge in [-0.2, -0.15) is 0 Å². The fourth-order valence-corrected chi connectivity index (χ4v) is 1.21. The lowest BCUT2D eigenvalue weighted by Gasteiger charge is -2.18. The van der Waals surface area contributed by atoms with Gasteiger partial charge < -0.3 is 25.2 Å². The first-order chi connectivity index (χ1) is 6.11. The molecule has 1 aliphatic rings. The van der Waals surface area contributed by atoms with Crippen LogP contribution >= 0.6 is 0 Å². The van der Waals surface area contributed by atoms with Crippen molar-refractivity contribution < 1.29 is 30.0 Å². The van der Waals surface area contributed by atoms with Crippen molar-refractivity contribution in [2.45, 2.75) is 30.7 Å². The minimum Gasteiger partial charge on any atom is -0.394 e. The molecule has 6 N–H and O–H groups in total. The van der Waals surface area contributed by atoms with E-state index in [4.69, 9.17) is 20.8 Å². The van der Waals surface area contributed by atoms with Gasteiger partial charge in [0.05, 0.1) is 6.61 Å². The number of hydrogen-bond acceptors (Lipinski definition) is 7. The Balaban J connectivity index is 2.60. The summed E-state index contributed by atoms with van der Waals surface area (Å²) in [5.74, 6) is 4.75. The highest BCUT2D eigenvalue weighted by Crippen LogP contribution is 2.23. The average molecular weight is 195 g/mol. The van der Waals surface area contributed by atoms with Gasteiger partial charge in [-0.15, -0.1) is 0 Å². The van der Waals surface area contributed by atoms with Gasteiger partial charge in [-0.1, -0.05) is 0 Å². The van der Waals surface area contributed by atoms with Crippen molar-refractivity contribution in [1.82, 2.24) is 0 Å². The summed E-state index contributed by atoms with van der Waals surface area (Å²) in [6.45, 7) is -0.578. The maximum absolute atomic E-state index is 9.28. The lowest BCUT2D eigenvalue weighted by atomic mass is 10.1. The van der Waals surface area contributed by atoms with E-state index in [0.717, 1.165) is 0 Å². The van der Waals surface area contributed by atoms with Crippen LogP contribution in [-0.2, 0) is 9.57 Å². The molecule has 0 aliphatic carbocycles. The van der Waals surface area contributed by atoms with E-state index >= 15 is 0 Å². The summed E-state index contributed by atoms with van der Waals surface area (Å²) in [7, 11) is 0. The Labute approximate surface area is 74.3 Å². The first-order valence-corrected chi connectivity index (χ1v) is 3.78. The molecule has 0 aromatic rings. The van der Waals surface area contributed by atoms with Crippen molar-refractivity contribution in [3.63, 3.8) is 0 Å².